The average molecular weight is 571 g/mol. The van der Waals surface area contributed by atoms with E-state index in [1.807, 2.05) is 30.3 Å². The van der Waals surface area contributed by atoms with Crippen molar-refractivity contribution in [1.29, 1.82) is 0 Å². The van der Waals surface area contributed by atoms with Gasteiger partial charge in [0.2, 0.25) is 0 Å². The maximum atomic E-state index is 12.6. The Morgan fingerprint density at radius 2 is 1.78 bits per heavy atom. The van der Waals surface area contributed by atoms with Crippen LogP contribution in [0.4, 0.5) is 4.79 Å². The number of aromatic hydroxyl groups is 1. The van der Waals surface area contributed by atoms with Gasteiger partial charge < -0.3 is 19.9 Å². The van der Waals surface area contributed by atoms with E-state index in [4.69, 9.17) is 9.47 Å². The van der Waals surface area contributed by atoms with Gasteiger partial charge in [-0.1, -0.05) is 30.3 Å². The van der Waals surface area contributed by atoms with Crippen molar-refractivity contribution in [3.05, 3.63) is 62.5 Å². The fourth-order valence-electron chi connectivity index (χ4n) is 2.41. The summed E-state index contributed by atoms with van der Waals surface area (Å²) in [5.41, 5.74) is 3.23. The summed E-state index contributed by atoms with van der Waals surface area (Å²) in [6.45, 7) is 5.38. The van der Waals surface area contributed by atoms with E-state index in [0.717, 1.165) is 5.56 Å². The van der Waals surface area contributed by atoms with Crippen molar-refractivity contribution in [1.82, 2.24) is 10.7 Å². The van der Waals surface area contributed by atoms with Gasteiger partial charge >= 0.3 is 6.09 Å². The Bertz CT molecular complexity index is 939. The van der Waals surface area contributed by atoms with Crippen molar-refractivity contribution in [3.63, 3.8) is 0 Å². The first-order valence-corrected chi connectivity index (χ1v) is 11.3. The minimum atomic E-state index is -1.02. The molecule has 0 aliphatic heterocycles. The number of amides is 2. The third-order valence-corrected chi connectivity index (χ3v) is 5.04. The zero-order valence-corrected chi connectivity index (χ0v) is 21.1. The van der Waals surface area contributed by atoms with E-state index in [2.05, 4.69) is 47.7 Å². The highest BCUT2D eigenvalue weighted by Crippen LogP contribution is 2.32. The first kappa shape index (κ1) is 25.8. The minimum Gasteiger partial charge on any atom is -0.506 e. The molecule has 32 heavy (non-hydrogen) atoms. The number of hydrogen-bond acceptors (Lipinski definition) is 6. The molecule has 0 aliphatic rings. The van der Waals surface area contributed by atoms with E-state index in [0.29, 0.717) is 14.5 Å². The predicted molar refractivity (Wildman–Crippen MR) is 128 cm³/mol. The predicted octanol–water partition coefficient (Wildman–Crippen LogP) is 4.48. The second-order valence-corrected chi connectivity index (χ2v) is 9.48. The molecule has 0 spiro atoms. The fourth-order valence-corrected chi connectivity index (χ4v) is 3.63. The van der Waals surface area contributed by atoms with Crippen LogP contribution in [0.5, 0.6) is 5.75 Å². The van der Waals surface area contributed by atoms with Gasteiger partial charge in [-0.2, -0.15) is 5.10 Å². The molecular formula is C22H25Br2N3O5. The van der Waals surface area contributed by atoms with E-state index in [-0.39, 0.29) is 19.0 Å². The summed E-state index contributed by atoms with van der Waals surface area (Å²) in [4.78, 5) is 24.8. The summed E-state index contributed by atoms with van der Waals surface area (Å²) >= 11 is 6.47. The van der Waals surface area contributed by atoms with E-state index >= 15 is 0 Å². The largest absolute Gasteiger partial charge is 0.506 e. The van der Waals surface area contributed by atoms with Gasteiger partial charge in [-0.05, 0) is 75.9 Å². The molecule has 2 aromatic carbocycles. The molecule has 0 aromatic heterocycles. The van der Waals surface area contributed by atoms with Gasteiger partial charge in [0, 0.05) is 0 Å². The molecule has 0 saturated carbocycles. The van der Waals surface area contributed by atoms with Crippen molar-refractivity contribution >= 4 is 50.1 Å². The van der Waals surface area contributed by atoms with Crippen molar-refractivity contribution in [2.75, 3.05) is 6.61 Å². The normalized spacial score (nSPS) is 12.4. The SMILES string of the molecule is CC(C)(C)OC(=O)N[C@@H](COCc1ccccc1)C(=O)N/N=C\c1cc(Br)c(O)c(Br)c1. The quantitative estimate of drug-likeness (QED) is 0.320. The molecule has 172 valence electrons. The molecule has 0 saturated heterocycles. The summed E-state index contributed by atoms with van der Waals surface area (Å²) in [7, 11) is 0. The number of phenolic OH excluding ortho intramolecular Hbond substituents is 1. The lowest BCUT2D eigenvalue weighted by atomic mass is 10.2. The van der Waals surface area contributed by atoms with Gasteiger partial charge in [0.05, 0.1) is 28.4 Å². The Hall–Kier alpha value is -2.43. The standard InChI is InChI=1S/C22H25Br2N3O5/c1-22(2,3)32-21(30)26-18(13-31-12-14-7-5-4-6-8-14)20(29)27-25-11-15-9-16(23)19(28)17(24)10-15/h4-11,18,28H,12-13H2,1-3H3,(H,26,30)(H,27,29)/b25-11-/t18-/m0/s1. The lowest BCUT2D eigenvalue weighted by Gasteiger charge is -2.22. The first-order valence-electron chi connectivity index (χ1n) is 9.67. The topological polar surface area (TPSA) is 109 Å². The average Bonchev–Trinajstić information content (AvgIpc) is 2.70. The number of benzene rings is 2. The van der Waals surface area contributed by atoms with Gasteiger partial charge in [0.15, 0.2) is 0 Å². The molecule has 0 aliphatic carbocycles. The van der Waals surface area contributed by atoms with Crippen molar-refractivity contribution in [2.45, 2.75) is 39.0 Å². The van der Waals surface area contributed by atoms with Gasteiger partial charge in [0.25, 0.3) is 5.91 Å². The Morgan fingerprint density at radius 1 is 1.16 bits per heavy atom. The van der Waals surface area contributed by atoms with Crippen LogP contribution in [0, 0.1) is 0 Å². The number of ether oxygens (including phenoxy) is 2. The van der Waals surface area contributed by atoms with Crippen molar-refractivity contribution in [3.8, 4) is 5.75 Å². The van der Waals surface area contributed by atoms with Crippen LogP contribution in [0.3, 0.4) is 0 Å². The number of nitrogens with one attached hydrogen (secondary N) is 2. The Labute approximate surface area is 203 Å². The zero-order chi connectivity index (χ0) is 23.7. The third-order valence-electron chi connectivity index (χ3n) is 3.83. The molecule has 1 atom stereocenters. The van der Waals surface area contributed by atoms with E-state index < -0.39 is 23.6 Å². The molecule has 2 aromatic rings. The number of halogens is 2. The molecule has 3 N–H and O–H groups in total. The van der Waals surface area contributed by atoms with Crippen LogP contribution in [0.2, 0.25) is 0 Å². The lowest BCUT2D eigenvalue weighted by Crippen LogP contribution is -2.49. The Balaban J connectivity index is 2.02. The maximum absolute atomic E-state index is 12.6. The van der Waals surface area contributed by atoms with E-state index in [9.17, 15) is 14.7 Å². The van der Waals surface area contributed by atoms with Crippen LogP contribution in [-0.2, 0) is 20.9 Å². The molecule has 0 radical (unpaired) electrons. The molecule has 2 amide bonds. The second kappa shape index (κ2) is 12.0. The summed E-state index contributed by atoms with van der Waals surface area (Å²) in [6.07, 6.45) is 0.665. The van der Waals surface area contributed by atoms with Gasteiger partial charge in [0.1, 0.15) is 17.4 Å². The summed E-state index contributed by atoms with van der Waals surface area (Å²) in [5.74, 6) is -0.513. The fraction of sp³-hybridized carbons (Fsp3) is 0.318. The molecular weight excluding hydrogens is 546 g/mol. The molecule has 10 heteroatoms. The first-order chi connectivity index (χ1) is 15.0. The smallest absolute Gasteiger partial charge is 0.408 e. The minimum absolute atomic E-state index is 0.0587. The number of hydrazone groups is 1. The summed E-state index contributed by atoms with van der Waals surface area (Å²) in [5, 5.41) is 16.2. The monoisotopic (exact) mass is 569 g/mol. The highest BCUT2D eigenvalue weighted by Gasteiger charge is 2.24. The van der Waals surface area contributed by atoms with Crippen LogP contribution in [-0.4, -0.2) is 41.6 Å². The Morgan fingerprint density at radius 3 is 2.38 bits per heavy atom. The number of hydrogen-bond donors (Lipinski definition) is 3. The molecule has 2 rings (SSSR count). The second-order valence-electron chi connectivity index (χ2n) is 7.77. The molecule has 0 fully saturated rings. The van der Waals surface area contributed by atoms with Crippen molar-refractivity contribution < 1.29 is 24.2 Å². The zero-order valence-electron chi connectivity index (χ0n) is 17.9. The highest BCUT2D eigenvalue weighted by molar-refractivity contribution is 9.11. The van der Waals surface area contributed by atoms with Gasteiger partial charge in [-0.3, -0.25) is 4.79 Å². The lowest BCUT2D eigenvalue weighted by molar-refractivity contribution is -0.124. The number of carbonyl (C=O) groups excluding carboxylic acids is 2. The van der Waals surface area contributed by atoms with Gasteiger partial charge in [-0.25, -0.2) is 10.2 Å². The van der Waals surface area contributed by atoms with E-state index in [1.54, 1.807) is 32.9 Å². The van der Waals surface area contributed by atoms with Crippen LogP contribution in [0.25, 0.3) is 0 Å². The van der Waals surface area contributed by atoms with Gasteiger partial charge in [-0.15, -0.1) is 0 Å². The van der Waals surface area contributed by atoms with Crippen molar-refractivity contribution in [2.24, 2.45) is 5.10 Å². The van der Waals surface area contributed by atoms with Crippen LogP contribution in [0.15, 0.2) is 56.5 Å². The molecule has 0 unspecified atom stereocenters. The van der Waals surface area contributed by atoms with Crippen LogP contribution >= 0.6 is 31.9 Å². The summed E-state index contributed by atoms with van der Waals surface area (Å²) < 4.78 is 11.8. The highest BCUT2D eigenvalue weighted by atomic mass is 79.9. The molecule has 8 nitrogen and oxygen atoms in total. The number of rotatable bonds is 8. The van der Waals surface area contributed by atoms with E-state index in [1.165, 1.54) is 6.21 Å². The van der Waals surface area contributed by atoms with Crippen LogP contribution < -0.4 is 10.7 Å². The molecule has 0 heterocycles. The summed E-state index contributed by atoms with van der Waals surface area (Å²) in [6, 6.07) is 11.7. The van der Waals surface area contributed by atoms with Crippen LogP contribution in [0.1, 0.15) is 31.9 Å². The number of phenols is 1. The number of alkyl carbamates (subject to hydrolysis) is 1. The Kier molecular flexibility index (Phi) is 9.67. The molecule has 0 bridgehead atoms. The third kappa shape index (κ3) is 8.97. The number of nitrogens with zero attached hydrogens (tertiary/aromatic N) is 1. The number of carbonyl (C=O) groups is 2. The maximum Gasteiger partial charge on any atom is 0.408 e.